The van der Waals surface area contributed by atoms with Gasteiger partial charge in [-0.3, -0.25) is 4.79 Å². The van der Waals surface area contributed by atoms with Crippen molar-refractivity contribution >= 4 is 15.9 Å². The number of rotatable bonds is 10. The van der Waals surface area contributed by atoms with Gasteiger partial charge in [0.2, 0.25) is 15.9 Å². The largest absolute Gasteiger partial charge is 0.354 e. The highest BCUT2D eigenvalue weighted by atomic mass is 32.2. The standard InChI is InChI=1S/C19H32N2O3S/c1-14(2)7-6-8-17(5)21-19(22)11-12-20-25(23,24)18-13-15(3)9-10-16(18)4/h9-10,13-14,17,20H,6-8,11-12H2,1-5H3,(H,21,22)/t17-/m0/s1. The van der Waals surface area contributed by atoms with Crippen LogP contribution in [0.4, 0.5) is 0 Å². The summed E-state index contributed by atoms with van der Waals surface area (Å²) in [6.45, 7) is 10.1. The third kappa shape index (κ3) is 8.01. The Morgan fingerprint density at radius 1 is 1.12 bits per heavy atom. The van der Waals surface area contributed by atoms with Crippen molar-refractivity contribution in [2.24, 2.45) is 5.92 Å². The molecule has 0 fully saturated rings. The van der Waals surface area contributed by atoms with Crippen molar-refractivity contribution in [2.75, 3.05) is 6.54 Å². The molecule has 0 unspecified atom stereocenters. The molecule has 25 heavy (non-hydrogen) atoms. The van der Waals surface area contributed by atoms with Crippen molar-refractivity contribution in [3.63, 3.8) is 0 Å². The maximum absolute atomic E-state index is 12.4. The van der Waals surface area contributed by atoms with Crippen LogP contribution in [0.2, 0.25) is 0 Å². The summed E-state index contributed by atoms with van der Waals surface area (Å²) in [5.41, 5.74) is 1.58. The van der Waals surface area contributed by atoms with Gasteiger partial charge in [-0.15, -0.1) is 0 Å². The van der Waals surface area contributed by atoms with E-state index in [-0.39, 0.29) is 29.8 Å². The van der Waals surface area contributed by atoms with Crippen LogP contribution in [-0.4, -0.2) is 26.9 Å². The highest BCUT2D eigenvalue weighted by Gasteiger charge is 2.17. The highest BCUT2D eigenvalue weighted by Crippen LogP contribution is 2.16. The zero-order chi connectivity index (χ0) is 19.0. The molecule has 0 saturated heterocycles. The highest BCUT2D eigenvalue weighted by molar-refractivity contribution is 7.89. The van der Waals surface area contributed by atoms with Gasteiger partial charge in [0.15, 0.2) is 0 Å². The average molecular weight is 369 g/mol. The summed E-state index contributed by atoms with van der Waals surface area (Å²) in [6.07, 6.45) is 3.31. The van der Waals surface area contributed by atoms with Crippen molar-refractivity contribution in [1.82, 2.24) is 10.0 Å². The first-order valence-electron chi connectivity index (χ1n) is 8.98. The summed E-state index contributed by atoms with van der Waals surface area (Å²) in [5.74, 6) is 0.545. The van der Waals surface area contributed by atoms with Crippen molar-refractivity contribution in [3.8, 4) is 0 Å². The lowest BCUT2D eigenvalue weighted by Gasteiger charge is -2.15. The van der Waals surface area contributed by atoms with Gasteiger partial charge in [-0.05, 0) is 50.3 Å². The molecule has 5 nitrogen and oxygen atoms in total. The number of sulfonamides is 1. The molecule has 0 bridgehead atoms. The predicted molar refractivity (Wildman–Crippen MR) is 102 cm³/mol. The fraction of sp³-hybridized carbons (Fsp3) is 0.632. The van der Waals surface area contributed by atoms with Gasteiger partial charge in [-0.25, -0.2) is 13.1 Å². The molecule has 1 aromatic carbocycles. The first kappa shape index (κ1) is 21.6. The second kappa shape index (κ2) is 9.92. The third-order valence-electron chi connectivity index (χ3n) is 4.10. The summed E-state index contributed by atoms with van der Waals surface area (Å²) < 4.78 is 27.3. The van der Waals surface area contributed by atoms with E-state index in [0.717, 1.165) is 24.8 Å². The molecule has 0 aliphatic rings. The van der Waals surface area contributed by atoms with Crippen LogP contribution in [0.25, 0.3) is 0 Å². The first-order valence-corrected chi connectivity index (χ1v) is 10.5. The van der Waals surface area contributed by atoms with E-state index in [4.69, 9.17) is 0 Å². The van der Waals surface area contributed by atoms with Gasteiger partial charge < -0.3 is 5.32 Å². The van der Waals surface area contributed by atoms with Crippen LogP contribution in [-0.2, 0) is 14.8 Å². The van der Waals surface area contributed by atoms with E-state index in [1.165, 1.54) is 0 Å². The van der Waals surface area contributed by atoms with Crippen LogP contribution >= 0.6 is 0 Å². The minimum atomic E-state index is -3.59. The second-order valence-corrected chi connectivity index (χ2v) is 8.95. The molecular weight excluding hydrogens is 336 g/mol. The molecule has 0 radical (unpaired) electrons. The lowest BCUT2D eigenvalue weighted by molar-refractivity contribution is -0.121. The normalized spacial score (nSPS) is 13.0. The number of amides is 1. The Balaban J connectivity index is 2.43. The molecule has 0 aliphatic heterocycles. The van der Waals surface area contributed by atoms with Crippen LogP contribution in [0, 0.1) is 19.8 Å². The number of hydrogen-bond donors (Lipinski definition) is 2. The van der Waals surface area contributed by atoms with Gasteiger partial charge in [-0.1, -0.05) is 38.8 Å². The van der Waals surface area contributed by atoms with Crippen LogP contribution in [0.15, 0.2) is 23.1 Å². The summed E-state index contributed by atoms with van der Waals surface area (Å²) >= 11 is 0. The number of aryl methyl sites for hydroxylation is 2. The first-order chi connectivity index (χ1) is 11.6. The van der Waals surface area contributed by atoms with Crippen LogP contribution in [0.5, 0.6) is 0 Å². The fourth-order valence-electron chi connectivity index (χ4n) is 2.62. The van der Waals surface area contributed by atoms with E-state index < -0.39 is 10.0 Å². The third-order valence-corrected chi connectivity index (χ3v) is 5.71. The van der Waals surface area contributed by atoms with Gasteiger partial charge in [0.05, 0.1) is 4.90 Å². The molecule has 6 heteroatoms. The van der Waals surface area contributed by atoms with Crippen molar-refractivity contribution in [2.45, 2.75) is 71.2 Å². The molecule has 1 amide bonds. The Kier molecular flexibility index (Phi) is 8.59. The second-order valence-electron chi connectivity index (χ2n) is 7.21. The molecule has 1 aromatic rings. The number of carbonyl (C=O) groups is 1. The molecule has 0 heterocycles. The number of nitrogens with one attached hydrogen (secondary N) is 2. The maximum Gasteiger partial charge on any atom is 0.240 e. The summed E-state index contributed by atoms with van der Waals surface area (Å²) in [5, 5.41) is 2.93. The zero-order valence-electron chi connectivity index (χ0n) is 16.1. The summed E-state index contributed by atoms with van der Waals surface area (Å²) in [6, 6.07) is 5.42. The van der Waals surface area contributed by atoms with Crippen LogP contribution < -0.4 is 10.0 Å². The lowest BCUT2D eigenvalue weighted by Crippen LogP contribution is -2.35. The van der Waals surface area contributed by atoms with E-state index in [0.29, 0.717) is 11.5 Å². The lowest BCUT2D eigenvalue weighted by atomic mass is 10.0. The monoisotopic (exact) mass is 368 g/mol. The number of carbonyl (C=O) groups excluding carboxylic acids is 1. The molecule has 1 rings (SSSR count). The molecule has 0 aromatic heterocycles. The Hall–Kier alpha value is -1.40. The Morgan fingerprint density at radius 3 is 2.44 bits per heavy atom. The molecule has 1 atom stereocenters. The molecule has 2 N–H and O–H groups in total. The Morgan fingerprint density at radius 2 is 1.80 bits per heavy atom. The maximum atomic E-state index is 12.4. The van der Waals surface area contributed by atoms with Gasteiger partial charge in [-0.2, -0.15) is 0 Å². The quantitative estimate of drug-likeness (QED) is 0.665. The SMILES string of the molecule is Cc1ccc(C)c(S(=O)(=O)NCCC(=O)N[C@@H](C)CCCC(C)C)c1. The average Bonchev–Trinajstić information content (AvgIpc) is 2.48. The minimum absolute atomic E-state index is 0.0975. The van der Waals surface area contributed by atoms with Crippen molar-refractivity contribution in [1.29, 1.82) is 0 Å². The van der Waals surface area contributed by atoms with Gasteiger partial charge >= 0.3 is 0 Å². The Labute approximate surface area is 152 Å². The topological polar surface area (TPSA) is 75.3 Å². The fourth-order valence-corrected chi connectivity index (χ4v) is 3.98. The van der Waals surface area contributed by atoms with Crippen LogP contribution in [0.3, 0.4) is 0 Å². The predicted octanol–water partition coefficient (Wildman–Crippen LogP) is 3.30. The van der Waals surface area contributed by atoms with Gasteiger partial charge in [0, 0.05) is 19.0 Å². The van der Waals surface area contributed by atoms with Gasteiger partial charge in [0.25, 0.3) is 0 Å². The molecule has 0 spiro atoms. The molecule has 0 aliphatic carbocycles. The number of hydrogen-bond acceptors (Lipinski definition) is 3. The van der Waals surface area contributed by atoms with Crippen molar-refractivity contribution < 1.29 is 13.2 Å². The minimum Gasteiger partial charge on any atom is -0.354 e. The molecule has 142 valence electrons. The van der Waals surface area contributed by atoms with E-state index >= 15 is 0 Å². The van der Waals surface area contributed by atoms with E-state index in [1.54, 1.807) is 19.1 Å². The summed E-state index contributed by atoms with van der Waals surface area (Å²) in [7, 11) is -3.59. The zero-order valence-corrected chi connectivity index (χ0v) is 16.9. The Bertz CT molecular complexity index is 669. The van der Waals surface area contributed by atoms with E-state index in [9.17, 15) is 13.2 Å². The van der Waals surface area contributed by atoms with Crippen LogP contribution in [0.1, 0.15) is 57.6 Å². The smallest absolute Gasteiger partial charge is 0.240 e. The van der Waals surface area contributed by atoms with E-state index in [1.807, 2.05) is 19.9 Å². The summed E-state index contributed by atoms with van der Waals surface area (Å²) in [4.78, 5) is 12.2. The number of benzene rings is 1. The van der Waals surface area contributed by atoms with E-state index in [2.05, 4.69) is 23.9 Å². The molecule has 0 saturated carbocycles. The molecular formula is C19H32N2O3S. The van der Waals surface area contributed by atoms with Gasteiger partial charge in [0.1, 0.15) is 0 Å². The van der Waals surface area contributed by atoms with Crippen molar-refractivity contribution in [3.05, 3.63) is 29.3 Å².